The quantitative estimate of drug-likeness (QED) is 0.813. The maximum Gasteiger partial charge on any atom is 0.265 e. The molecule has 1 aromatic carbocycles. The molecule has 6 nitrogen and oxygen atoms in total. The van der Waals surface area contributed by atoms with Gasteiger partial charge in [-0.2, -0.15) is 0 Å². The lowest BCUT2D eigenvalue weighted by molar-refractivity contribution is -0.122. The van der Waals surface area contributed by atoms with E-state index in [0.29, 0.717) is 42.0 Å². The van der Waals surface area contributed by atoms with Gasteiger partial charge in [-0.3, -0.25) is 4.79 Å². The Morgan fingerprint density at radius 2 is 2.25 bits per heavy atom. The SMILES string of the molecule is COCCOc1ccc(NC(=O)C2Cc3cc(Cl)ccc3O2)cn1. The lowest BCUT2D eigenvalue weighted by Crippen LogP contribution is -2.31. The molecule has 1 aliphatic heterocycles. The number of carbonyl (C=O) groups is 1. The summed E-state index contributed by atoms with van der Waals surface area (Å²) in [5.41, 5.74) is 1.51. The minimum absolute atomic E-state index is 0.225. The standard InChI is InChI=1S/C17H17ClN2O4/c1-22-6-7-23-16-5-3-13(10-19-16)20-17(21)15-9-11-8-12(18)2-4-14(11)24-15/h2-5,8,10,15H,6-7,9H2,1H3,(H,20,21). The molecule has 2 aromatic rings. The van der Waals surface area contributed by atoms with Crippen LogP contribution in [0.15, 0.2) is 36.5 Å². The molecule has 1 amide bonds. The fraction of sp³-hybridized carbons (Fsp3) is 0.294. The van der Waals surface area contributed by atoms with Crippen LogP contribution >= 0.6 is 11.6 Å². The molecular weight excluding hydrogens is 332 g/mol. The summed E-state index contributed by atoms with van der Waals surface area (Å²) in [5.74, 6) is 0.945. The van der Waals surface area contributed by atoms with Gasteiger partial charge in [-0.15, -0.1) is 0 Å². The topological polar surface area (TPSA) is 69.7 Å². The Kier molecular flexibility index (Phi) is 5.17. The van der Waals surface area contributed by atoms with E-state index in [1.807, 2.05) is 6.07 Å². The number of ether oxygens (including phenoxy) is 3. The molecule has 1 aromatic heterocycles. The number of hydrogen-bond donors (Lipinski definition) is 1. The van der Waals surface area contributed by atoms with Crippen molar-refractivity contribution in [2.45, 2.75) is 12.5 Å². The first kappa shape index (κ1) is 16.5. The molecular formula is C17H17ClN2O4. The molecule has 0 radical (unpaired) electrons. The Morgan fingerprint density at radius 1 is 1.38 bits per heavy atom. The highest BCUT2D eigenvalue weighted by Gasteiger charge is 2.29. The van der Waals surface area contributed by atoms with E-state index in [-0.39, 0.29) is 5.91 Å². The minimum Gasteiger partial charge on any atom is -0.480 e. The van der Waals surface area contributed by atoms with Crippen molar-refractivity contribution in [2.24, 2.45) is 0 Å². The highest BCUT2D eigenvalue weighted by molar-refractivity contribution is 6.30. The number of halogens is 1. The zero-order chi connectivity index (χ0) is 16.9. The summed E-state index contributed by atoms with van der Waals surface area (Å²) in [6.45, 7) is 0.912. The van der Waals surface area contributed by atoms with E-state index >= 15 is 0 Å². The summed E-state index contributed by atoms with van der Waals surface area (Å²) in [4.78, 5) is 16.4. The summed E-state index contributed by atoms with van der Waals surface area (Å²) in [6.07, 6.45) is 1.46. The minimum atomic E-state index is -0.573. The third-order valence-electron chi connectivity index (χ3n) is 3.53. The van der Waals surface area contributed by atoms with E-state index in [4.69, 9.17) is 25.8 Å². The largest absolute Gasteiger partial charge is 0.480 e. The van der Waals surface area contributed by atoms with Crippen LogP contribution in [0.5, 0.6) is 11.6 Å². The van der Waals surface area contributed by atoms with Gasteiger partial charge < -0.3 is 19.5 Å². The van der Waals surface area contributed by atoms with Gasteiger partial charge >= 0.3 is 0 Å². The Bertz CT molecular complexity index is 721. The molecule has 0 saturated heterocycles. The van der Waals surface area contributed by atoms with Crippen LogP contribution in [0.25, 0.3) is 0 Å². The van der Waals surface area contributed by atoms with Crippen molar-refractivity contribution in [1.82, 2.24) is 4.98 Å². The molecule has 0 spiro atoms. The van der Waals surface area contributed by atoms with E-state index in [1.165, 1.54) is 0 Å². The number of nitrogens with zero attached hydrogens (tertiary/aromatic N) is 1. The number of rotatable bonds is 6. The van der Waals surface area contributed by atoms with Crippen LogP contribution in [0.3, 0.4) is 0 Å². The van der Waals surface area contributed by atoms with Gasteiger partial charge in [0, 0.05) is 24.6 Å². The van der Waals surface area contributed by atoms with Gasteiger partial charge in [-0.1, -0.05) is 11.6 Å². The van der Waals surface area contributed by atoms with Crippen molar-refractivity contribution < 1.29 is 19.0 Å². The van der Waals surface area contributed by atoms with Crippen LogP contribution in [0.1, 0.15) is 5.56 Å². The second-order valence-electron chi connectivity index (χ2n) is 5.28. The number of methoxy groups -OCH3 is 1. The molecule has 1 atom stereocenters. The van der Waals surface area contributed by atoms with Crippen molar-refractivity contribution >= 4 is 23.2 Å². The zero-order valence-corrected chi connectivity index (χ0v) is 13.9. The highest BCUT2D eigenvalue weighted by atomic mass is 35.5. The van der Waals surface area contributed by atoms with Crippen molar-refractivity contribution in [3.63, 3.8) is 0 Å². The van der Waals surface area contributed by atoms with Gasteiger partial charge in [-0.05, 0) is 29.8 Å². The molecule has 1 N–H and O–H groups in total. The number of anilines is 1. The smallest absolute Gasteiger partial charge is 0.265 e. The summed E-state index contributed by atoms with van der Waals surface area (Å²) >= 11 is 5.96. The van der Waals surface area contributed by atoms with Crippen LogP contribution < -0.4 is 14.8 Å². The van der Waals surface area contributed by atoms with Gasteiger partial charge in [-0.25, -0.2) is 4.98 Å². The maximum atomic E-state index is 12.3. The Balaban J connectivity index is 1.56. The highest BCUT2D eigenvalue weighted by Crippen LogP contribution is 2.31. The number of amides is 1. The average molecular weight is 349 g/mol. The first-order valence-electron chi connectivity index (χ1n) is 7.49. The predicted molar refractivity (Wildman–Crippen MR) is 89.8 cm³/mol. The first-order chi connectivity index (χ1) is 11.7. The van der Waals surface area contributed by atoms with Gasteiger partial charge in [0.05, 0.1) is 18.5 Å². The van der Waals surface area contributed by atoms with Crippen LogP contribution in [-0.4, -0.2) is 37.3 Å². The molecule has 0 bridgehead atoms. The number of aromatic nitrogens is 1. The molecule has 1 unspecified atom stereocenters. The van der Waals surface area contributed by atoms with Gasteiger partial charge in [0.2, 0.25) is 5.88 Å². The number of pyridine rings is 1. The third kappa shape index (κ3) is 3.96. The maximum absolute atomic E-state index is 12.3. The molecule has 2 heterocycles. The van der Waals surface area contributed by atoms with Crippen LogP contribution in [0.2, 0.25) is 5.02 Å². The lowest BCUT2D eigenvalue weighted by Gasteiger charge is -2.11. The van der Waals surface area contributed by atoms with Crippen LogP contribution in [-0.2, 0) is 16.0 Å². The van der Waals surface area contributed by atoms with Gasteiger partial charge in [0.25, 0.3) is 5.91 Å². The molecule has 0 aliphatic carbocycles. The molecule has 7 heteroatoms. The summed E-state index contributed by atoms with van der Waals surface area (Å²) in [5, 5.41) is 3.42. The molecule has 0 saturated carbocycles. The second-order valence-corrected chi connectivity index (χ2v) is 5.71. The fourth-order valence-corrected chi connectivity index (χ4v) is 2.55. The number of nitrogens with one attached hydrogen (secondary N) is 1. The monoisotopic (exact) mass is 348 g/mol. The van der Waals surface area contributed by atoms with E-state index in [1.54, 1.807) is 37.6 Å². The van der Waals surface area contributed by atoms with Crippen LogP contribution in [0.4, 0.5) is 5.69 Å². The van der Waals surface area contributed by atoms with Gasteiger partial charge in [0.15, 0.2) is 6.10 Å². The van der Waals surface area contributed by atoms with Crippen molar-refractivity contribution in [2.75, 3.05) is 25.6 Å². The van der Waals surface area contributed by atoms with E-state index in [0.717, 1.165) is 5.56 Å². The van der Waals surface area contributed by atoms with Crippen LogP contribution in [0, 0.1) is 0 Å². The Hall–Kier alpha value is -2.31. The molecule has 1 aliphatic rings. The first-order valence-corrected chi connectivity index (χ1v) is 7.87. The Labute approximate surface area is 144 Å². The number of carbonyl (C=O) groups excluding carboxylic acids is 1. The van der Waals surface area contributed by atoms with Crippen molar-refractivity contribution in [3.05, 3.63) is 47.1 Å². The van der Waals surface area contributed by atoms with Crippen molar-refractivity contribution in [1.29, 1.82) is 0 Å². The number of hydrogen-bond acceptors (Lipinski definition) is 5. The summed E-state index contributed by atoms with van der Waals surface area (Å²) in [7, 11) is 1.60. The third-order valence-corrected chi connectivity index (χ3v) is 3.77. The zero-order valence-electron chi connectivity index (χ0n) is 13.1. The van der Waals surface area contributed by atoms with Crippen molar-refractivity contribution in [3.8, 4) is 11.6 Å². The number of benzene rings is 1. The Morgan fingerprint density at radius 3 is 3.00 bits per heavy atom. The average Bonchev–Trinajstić information content (AvgIpc) is 3.00. The van der Waals surface area contributed by atoms with E-state index < -0.39 is 6.10 Å². The molecule has 0 fully saturated rings. The fourth-order valence-electron chi connectivity index (χ4n) is 2.36. The number of fused-ring (bicyclic) bond motifs is 1. The van der Waals surface area contributed by atoms with E-state index in [9.17, 15) is 4.79 Å². The summed E-state index contributed by atoms with van der Waals surface area (Å²) in [6, 6.07) is 8.75. The predicted octanol–water partition coefficient (Wildman–Crippen LogP) is 2.70. The lowest BCUT2D eigenvalue weighted by atomic mass is 10.1. The van der Waals surface area contributed by atoms with E-state index in [2.05, 4.69) is 10.3 Å². The second kappa shape index (κ2) is 7.51. The van der Waals surface area contributed by atoms with Gasteiger partial charge in [0.1, 0.15) is 12.4 Å². The normalized spacial score (nSPS) is 15.5. The molecule has 126 valence electrons. The molecule has 3 rings (SSSR count). The molecule has 24 heavy (non-hydrogen) atoms. The summed E-state index contributed by atoms with van der Waals surface area (Å²) < 4.78 is 15.9.